The summed E-state index contributed by atoms with van der Waals surface area (Å²) in [6.45, 7) is 1.15. The fourth-order valence-corrected chi connectivity index (χ4v) is 2.68. The molecule has 0 bridgehead atoms. The summed E-state index contributed by atoms with van der Waals surface area (Å²) in [6.07, 6.45) is 0. The fourth-order valence-electron chi connectivity index (χ4n) is 2.30. The molecule has 1 aromatic heterocycles. The Labute approximate surface area is 129 Å². The number of nitrogens with zero attached hydrogens (tertiary/aromatic N) is 1. The molecular weight excluding hydrogens is 334 g/mol. The third-order valence-corrected chi connectivity index (χ3v) is 3.96. The summed E-state index contributed by atoms with van der Waals surface area (Å²) in [5.74, 6) is 2.18. The molecule has 5 nitrogen and oxygen atoms in total. The number of rotatable bonds is 2. The second-order valence-corrected chi connectivity index (χ2v) is 5.56. The summed E-state index contributed by atoms with van der Waals surface area (Å²) >= 11 is 3.51. The number of para-hydroxylation sites is 1. The number of aromatic nitrogens is 2. The lowest BCUT2D eigenvalue weighted by Crippen LogP contribution is -2.15. The molecule has 6 heteroatoms. The van der Waals surface area contributed by atoms with Crippen molar-refractivity contribution in [3.05, 3.63) is 40.9 Å². The standard InChI is InChI=1S/C15H12BrN3O2/c16-9-3-1-2-4-10(9)17-15-18-11-7-13-14(8-12(11)19-15)21-6-5-20-13/h1-4,7-8H,5-6H2,(H2,17,18,19). The van der Waals surface area contributed by atoms with Gasteiger partial charge in [-0.25, -0.2) is 4.98 Å². The first-order valence-corrected chi connectivity index (χ1v) is 7.40. The predicted molar refractivity (Wildman–Crippen MR) is 84.5 cm³/mol. The van der Waals surface area contributed by atoms with Gasteiger partial charge in [0.05, 0.1) is 16.7 Å². The molecule has 0 atom stereocenters. The zero-order valence-electron chi connectivity index (χ0n) is 11.0. The minimum absolute atomic E-state index is 0.574. The van der Waals surface area contributed by atoms with Gasteiger partial charge in [0.15, 0.2) is 11.5 Å². The molecule has 2 N–H and O–H groups in total. The highest BCUT2D eigenvalue weighted by Gasteiger charge is 2.15. The first kappa shape index (κ1) is 12.5. The van der Waals surface area contributed by atoms with E-state index in [4.69, 9.17) is 9.47 Å². The van der Waals surface area contributed by atoms with Crippen molar-refractivity contribution in [3.63, 3.8) is 0 Å². The molecule has 0 aliphatic carbocycles. The van der Waals surface area contributed by atoms with Crippen LogP contribution in [0, 0.1) is 0 Å². The second-order valence-electron chi connectivity index (χ2n) is 4.70. The minimum Gasteiger partial charge on any atom is -0.486 e. The van der Waals surface area contributed by atoms with Gasteiger partial charge in [0.25, 0.3) is 0 Å². The van der Waals surface area contributed by atoms with Crippen LogP contribution in [-0.4, -0.2) is 23.2 Å². The number of hydrogen-bond acceptors (Lipinski definition) is 4. The average Bonchev–Trinajstić information content (AvgIpc) is 2.88. The number of halogens is 1. The molecule has 0 saturated carbocycles. The summed E-state index contributed by atoms with van der Waals surface area (Å²) in [5.41, 5.74) is 2.71. The third-order valence-electron chi connectivity index (χ3n) is 3.27. The van der Waals surface area contributed by atoms with E-state index in [0.717, 1.165) is 32.7 Å². The highest BCUT2D eigenvalue weighted by atomic mass is 79.9. The first-order valence-electron chi connectivity index (χ1n) is 6.60. The van der Waals surface area contributed by atoms with E-state index in [0.29, 0.717) is 19.2 Å². The van der Waals surface area contributed by atoms with E-state index in [-0.39, 0.29) is 0 Å². The monoisotopic (exact) mass is 345 g/mol. The van der Waals surface area contributed by atoms with Crippen molar-refractivity contribution >= 4 is 38.6 Å². The van der Waals surface area contributed by atoms with Crippen molar-refractivity contribution < 1.29 is 9.47 Å². The van der Waals surface area contributed by atoms with Gasteiger partial charge in [0, 0.05) is 16.6 Å². The number of imidazole rings is 1. The number of fused-ring (bicyclic) bond motifs is 2. The maximum Gasteiger partial charge on any atom is 0.205 e. The van der Waals surface area contributed by atoms with E-state index in [2.05, 4.69) is 31.2 Å². The van der Waals surface area contributed by atoms with E-state index in [1.165, 1.54) is 0 Å². The number of hydrogen-bond donors (Lipinski definition) is 2. The quantitative estimate of drug-likeness (QED) is 0.740. The Hall–Kier alpha value is -2.21. The molecule has 0 unspecified atom stereocenters. The van der Waals surface area contributed by atoms with Crippen LogP contribution in [0.1, 0.15) is 0 Å². The Bertz CT molecular complexity index is 773. The van der Waals surface area contributed by atoms with Gasteiger partial charge in [-0.05, 0) is 28.1 Å². The number of H-pyrrole nitrogens is 1. The van der Waals surface area contributed by atoms with Gasteiger partial charge in [-0.2, -0.15) is 0 Å². The van der Waals surface area contributed by atoms with Crippen LogP contribution in [0.4, 0.5) is 11.6 Å². The highest BCUT2D eigenvalue weighted by molar-refractivity contribution is 9.10. The molecule has 0 saturated heterocycles. The molecule has 3 aromatic rings. The first-order chi connectivity index (χ1) is 10.3. The Balaban J connectivity index is 1.72. The number of ether oxygens (including phenoxy) is 2. The smallest absolute Gasteiger partial charge is 0.205 e. The number of nitrogens with one attached hydrogen (secondary N) is 2. The summed E-state index contributed by atoms with van der Waals surface area (Å²) in [7, 11) is 0. The van der Waals surface area contributed by atoms with Gasteiger partial charge in [0.2, 0.25) is 5.95 Å². The normalized spacial score (nSPS) is 13.4. The van der Waals surface area contributed by atoms with Crippen LogP contribution < -0.4 is 14.8 Å². The zero-order valence-corrected chi connectivity index (χ0v) is 12.6. The van der Waals surface area contributed by atoms with Gasteiger partial charge in [-0.15, -0.1) is 0 Å². The molecule has 2 aromatic carbocycles. The van der Waals surface area contributed by atoms with Gasteiger partial charge in [-0.1, -0.05) is 12.1 Å². The Morgan fingerprint density at radius 1 is 1.10 bits per heavy atom. The highest BCUT2D eigenvalue weighted by Crippen LogP contribution is 2.34. The van der Waals surface area contributed by atoms with Crippen LogP contribution in [0.15, 0.2) is 40.9 Å². The van der Waals surface area contributed by atoms with E-state index in [9.17, 15) is 0 Å². The van der Waals surface area contributed by atoms with Crippen LogP contribution in [0.2, 0.25) is 0 Å². The predicted octanol–water partition coefficient (Wildman–Crippen LogP) is 3.84. The molecule has 1 aliphatic heterocycles. The van der Waals surface area contributed by atoms with Crippen LogP contribution in [0.25, 0.3) is 11.0 Å². The molecule has 0 spiro atoms. The third kappa shape index (κ3) is 2.31. The summed E-state index contributed by atoms with van der Waals surface area (Å²) < 4.78 is 12.1. The van der Waals surface area contributed by atoms with Crippen LogP contribution in [-0.2, 0) is 0 Å². The van der Waals surface area contributed by atoms with E-state index in [1.807, 2.05) is 36.4 Å². The number of aromatic amines is 1. The van der Waals surface area contributed by atoms with Crippen molar-refractivity contribution in [1.29, 1.82) is 0 Å². The molecule has 0 fully saturated rings. The molecule has 4 rings (SSSR count). The van der Waals surface area contributed by atoms with Crippen molar-refractivity contribution in [2.45, 2.75) is 0 Å². The lowest BCUT2D eigenvalue weighted by Gasteiger charge is -2.17. The Morgan fingerprint density at radius 2 is 1.86 bits per heavy atom. The van der Waals surface area contributed by atoms with Crippen molar-refractivity contribution in [2.75, 3.05) is 18.5 Å². The van der Waals surface area contributed by atoms with Crippen LogP contribution in [0.3, 0.4) is 0 Å². The summed E-state index contributed by atoms with van der Waals surface area (Å²) in [6, 6.07) is 11.7. The Morgan fingerprint density at radius 3 is 2.67 bits per heavy atom. The number of anilines is 2. The second kappa shape index (κ2) is 4.96. The van der Waals surface area contributed by atoms with Gasteiger partial charge in [0.1, 0.15) is 13.2 Å². The summed E-state index contributed by atoms with van der Waals surface area (Å²) in [5, 5.41) is 3.26. The molecule has 106 valence electrons. The van der Waals surface area contributed by atoms with Crippen molar-refractivity contribution in [3.8, 4) is 11.5 Å². The maximum absolute atomic E-state index is 5.58. The van der Waals surface area contributed by atoms with E-state index < -0.39 is 0 Å². The lowest BCUT2D eigenvalue weighted by molar-refractivity contribution is 0.172. The molecule has 0 amide bonds. The Kier molecular flexibility index (Phi) is 2.96. The maximum atomic E-state index is 5.58. The average molecular weight is 346 g/mol. The fraction of sp³-hybridized carbons (Fsp3) is 0.133. The number of benzene rings is 2. The topological polar surface area (TPSA) is 59.2 Å². The lowest BCUT2D eigenvalue weighted by atomic mass is 10.2. The molecule has 21 heavy (non-hydrogen) atoms. The van der Waals surface area contributed by atoms with Gasteiger partial charge >= 0.3 is 0 Å². The molecular formula is C15H12BrN3O2. The van der Waals surface area contributed by atoms with Crippen molar-refractivity contribution in [2.24, 2.45) is 0 Å². The molecule has 1 aliphatic rings. The summed E-state index contributed by atoms with van der Waals surface area (Å²) in [4.78, 5) is 7.78. The van der Waals surface area contributed by atoms with Gasteiger partial charge in [-0.3, -0.25) is 0 Å². The van der Waals surface area contributed by atoms with E-state index >= 15 is 0 Å². The largest absolute Gasteiger partial charge is 0.486 e. The SMILES string of the molecule is Brc1ccccc1Nc1nc2cc3c(cc2[nH]1)OCCO3. The molecule has 2 heterocycles. The van der Waals surface area contributed by atoms with E-state index in [1.54, 1.807) is 0 Å². The van der Waals surface area contributed by atoms with Crippen LogP contribution in [0.5, 0.6) is 11.5 Å². The van der Waals surface area contributed by atoms with Gasteiger partial charge < -0.3 is 19.8 Å². The zero-order chi connectivity index (χ0) is 14.2. The van der Waals surface area contributed by atoms with Crippen molar-refractivity contribution in [1.82, 2.24) is 9.97 Å². The van der Waals surface area contributed by atoms with Crippen LogP contribution >= 0.6 is 15.9 Å². The minimum atomic E-state index is 0.574. The molecule has 0 radical (unpaired) electrons.